The fourth-order valence-corrected chi connectivity index (χ4v) is 2.07. The van der Waals surface area contributed by atoms with Crippen LogP contribution in [0, 0.1) is 5.41 Å². The minimum atomic E-state index is -4.87. The molecular formula is C16H14F3N3O2. The van der Waals surface area contributed by atoms with Crippen LogP contribution in [0.15, 0.2) is 47.8 Å². The number of halogens is 3. The van der Waals surface area contributed by atoms with Crippen molar-refractivity contribution in [3.8, 4) is 0 Å². The number of hydrogen-bond acceptors (Lipinski definition) is 5. The number of rotatable bonds is 5. The number of allylic oxidation sites excluding steroid dienone is 1. The molecule has 2 rings (SSSR count). The summed E-state index contributed by atoms with van der Waals surface area (Å²) in [5.74, 6) is -1.22. The van der Waals surface area contributed by atoms with Crippen molar-refractivity contribution in [2.45, 2.75) is 13.1 Å². The predicted molar refractivity (Wildman–Crippen MR) is 83.9 cm³/mol. The van der Waals surface area contributed by atoms with E-state index in [0.29, 0.717) is 17.1 Å². The first-order valence-electron chi connectivity index (χ1n) is 6.98. The number of para-hydroxylation sites is 1. The largest absolute Gasteiger partial charge is 0.462 e. The highest BCUT2D eigenvalue weighted by Crippen LogP contribution is 2.32. The zero-order valence-corrected chi connectivity index (χ0v) is 12.6. The number of esters is 1. The van der Waals surface area contributed by atoms with Gasteiger partial charge in [-0.05, 0) is 19.1 Å². The summed E-state index contributed by atoms with van der Waals surface area (Å²) in [4.78, 5) is 15.8. The molecule has 0 atom stereocenters. The predicted octanol–water partition coefficient (Wildman–Crippen LogP) is 3.68. The fraction of sp³-hybridized carbons (Fsp3) is 0.188. The first-order chi connectivity index (χ1) is 11.4. The number of fused-ring (bicyclic) bond motifs is 1. The monoisotopic (exact) mass is 337 g/mol. The molecule has 0 bridgehead atoms. The minimum absolute atomic E-state index is 0.0977. The van der Waals surface area contributed by atoms with E-state index in [0.717, 1.165) is 0 Å². The number of nitrogens with zero attached hydrogens (tertiary/aromatic N) is 1. The van der Waals surface area contributed by atoms with E-state index in [9.17, 15) is 18.0 Å². The van der Waals surface area contributed by atoms with Crippen LogP contribution in [0.5, 0.6) is 0 Å². The number of alkyl halides is 3. The lowest BCUT2D eigenvalue weighted by Gasteiger charge is -2.18. The summed E-state index contributed by atoms with van der Waals surface area (Å²) in [7, 11) is 0. The lowest BCUT2D eigenvalue weighted by atomic mass is 10.1. The second-order valence-corrected chi connectivity index (χ2v) is 4.65. The number of nitrogens with one attached hydrogen (secondary N) is 2. The molecule has 0 aliphatic carbocycles. The van der Waals surface area contributed by atoms with E-state index in [-0.39, 0.29) is 12.3 Å². The summed E-state index contributed by atoms with van der Waals surface area (Å²) >= 11 is 0. The van der Waals surface area contributed by atoms with Gasteiger partial charge in [-0.3, -0.25) is 4.98 Å². The van der Waals surface area contributed by atoms with Crippen LogP contribution in [0.25, 0.3) is 10.9 Å². The lowest BCUT2D eigenvalue weighted by Crippen LogP contribution is -2.26. The van der Waals surface area contributed by atoms with Crippen molar-refractivity contribution >= 4 is 28.8 Å². The lowest BCUT2D eigenvalue weighted by molar-refractivity contribution is -0.139. The van der Waals surface area contributed by atoms with Crippen molar-refractivity contribution in [3.63, 3.8) is 0 Å². The van der Waals surface area contributed by atoms with Gasteiger partial charge in [0.25, 0.3) is 0 Å². The van der Waals surface area contributed by atoms with Crippen molar-refractivity contribution in [3.05, 3.63) is 47.8 Å². The quantitative estimate of drug-likeness (QED) is 0.496. The van der Waals surface area contributed by atoms with Crippen LogP contribution in [0.2, 0.25) is 0 Å². The Morgan fingerprint density at radius 1 is 1.33 bits per heavy atom. The van der Waals surface area contributed by atoms with Gasteiger partial charge in [0.05, 0.1) is 12.1 Å². The van der Waals surface area contributed by atoms with Crippen LogP contribution in [-0.4, -0.2) is 30.0 Å². The number of hydrogen-bond donors (Lipinski definition) is 2. The van der Waals surface area contributed by atoms with Crippen molar-refractivity contribution < 1.29 is 22.7 Å². The average molecular weight is 337 g/mol. The average Bonchev–Trinajstić information content (AvgIpc) is 2.54. The van der Waals surface area contributed by atoms with Crippen LogP contribution >= 0.6 is 0 Å². The second-order valence-electron chi connectivity index (χ2n) is 4.65. The van der Waals surface area contributed by atoms with Gasteiger partial charge in [0.2, 0.25) is 0 Å². The van der Waals surface area contributed by atoms with E-state index in [4.69, 9.17) is 5.41 Å². The molecule has 0 amide bonds. The maximum atomic E-state index is 13.4. The standard InChI is InChI=1S/C16H14F3N3O2/c1-2-24-15(23)11(9-20)14(16(17,18)19)22-13-7-8-21-12-6-4-3-5-10(12)13/h3-9,20H,2H2,1H3,(H,21,22)/b14-11+,20-9?. The van der Waals surface area contributed by atoms with Crippen LogP contribution < -0.4 is 5.32 Å². The summed E-state index contributed by atoms with van der Waals surface area (Å²) in [6.45, 7) is 1.37. The number of carbonyl (C=O) groups is 1. The van der Waals surface area contributed by atoms with E-state index in [1.807, 2.05) is 0 Å². The highest BCUT2D eigenvalue weighted by molar-refractivity contribution is 6.10. The highest BCUT2D eigenvalue weighted by atomic mass is 19.4. The Morgan fingerprint density at radius 3 is 2.67 bits per heavy atom. The summed E-state index contributed by atoms with van der Waals surface area (Å²) in [6, 6.07) is 7.99. The van der Waals surface area contributed by atoms with Crippen molar-refractivity contribution in [2.24, 2.45) is 0 Å². The first kappa shape index (κ1) is 17.5. The molecule has 0 saturated carbocycles. The Bertz CT molecular complexity index is 795. The third kappa shape index (κ3) is 3.70. The minimum Gasteiger partial charge on any atom is -0.462 e. The van der Waals surface area contributed by atoms with Gasteiger partial charge in [-0.25, -0.2) is 4.79 Å². The topological polar surface area (TPSA) is 75.1 Å². The Hall–Kier alpha value is -2.90. The molecule has 0 unspecified atom stereocenters. The highest BCUT2D eigenvalue weighted by Gasteiger charge is 2.38. The van der Waals surface area contributed by atoms with Crippen LogP contribution in [0.4, 0.5) is 18.9 Å². The molecule has 2 aromatic rings. The molecule has 0 spiro atoms. The summed E-state index contributed by atoms with van der Waals surface area (Å²) in [5.41, 5.74) is -1.63. The molecule has 1 heterocycles. The smallest absolute Gasteiger partial charge is 0.432 e. The van der Waals surface area contributed by atoms with Gasteiger partial charge < -0.3 is 15.5 Å². The van der Waals surface area contributed by atoms with Crippen molar-refractivity contribution in [2.75, 3.05) is 11.9 Å². The van der Waals surface area contributed by atoms with E-state index in [1.165, 1.54) is 19.2 Å². The molecule has 0 saturated heterocycles. The van der Waals surface area contributed by atoms with Crippen molar-refractivity contribution in [1.29, 1.82) is 5.41 Å². The fourth-order valence-electron chi connectivity index (χ4n) is 2.07. The number of ether oxygens (including phenoxy) is 1. The Labute approximate surface area is 135 Å². The molecular weight excluding hydrogens is 323 g/mol. The first-order valence-corrected chi connectivity index (χ1v) is 6.98. The molecule has 0 radical (unpaired) electrons. The molecule has 126 valence electrons. The molecule has 2 N–H and O–H groups in total. The molecule has 0 fully saturated rings. The van der Waals surface area contributed by atoms with E-state index in [1.54, 1.807) is 24.3 Å². The molecule has 24 heavy (non-hydrogen) atoms. The number of pyridine rings is 1. The van der Waals surface area contributed by atoms with E-state index < -0.39 is 23.4 Å². The summed E-state index contributed by atoms with van der Waals surface area (Å²) < 4.78 is 44.8. The number of anilines is 1. The van der Waals surface area contributed by atoms with E-state index >= 15 is 0 Å². The third-order valence-corrected chi connectivity index (χ3v) is 3.10. The van der Waals surface area contributed by atoms with Gasteiger partial charge in [0, 0.05) is 23.5 Å². The Kier molecular flexibility index (Phi) is 5.18. The van der Waals surface area contributed by atoms with E-state index in [2.05, 4.69) is 15.0 Å². The normalized spacial score (nSPS) is 12.5. The SMILES string of the molecule is CCOC(=O)/C(C=N)=C(/Nc1ccnc2ccccc12)C(F)(F)F. The molecule has 1 aromatic heterocycles. The zero-order chi connectivity index (χ0) is 17.7. The van der Waals surface area contributed by atoms with Gasteiger partial charge in [-0.15, -0.1) is 0 Å². The van der Waals surface area contributed by atoms with Crippen LogP contribution in [-0.2, 0) is 9.53 Å². The number of benzene rings is 1. The molecule has 8 heteroatoms. The maximum absolute atomic E-state index is 13.4. The molecule has 1 aromatic carbocycles. The molecule has 5 nitrogen and oxygen atoms in total. The summed E-state index contributed by atoms with van der Waals surface area (Å²) in [6.07, 6.45) is -3.19. The van der Waals surface area contributed by atoms with Crippen LogP contribution in [0.1, 0.15) is 6.92 Å². The van der Waals surface area contributed by atoms with Crippen molar-refractivity contribution in [1.82, 2.24) is 4.98 Å². The summed E-state index contributed by atoms with van der Waals surface area (Å²) in [5, 5.41) is 9.84. The Balaban J connectivity index is 2.57. The number of aromatic nitrogens is 1. The third-order valence-electron chi connectivity index (χ3n) is 3.10. The number of carbonyl (C=O) groups excluding carboxylic acids is 1. The van der Waals surface area contributed by atoms with Gasteiger partial charge >= 0.3 is 12.1 Å². The molecule has 0 aliphatic heterocycles. The molecule has 0 aliphatic rings. The Morgan fingerprint density at radius 2 is 2.04 bits per heavy atom. The van der Waals surface area contributed by atoms with Crippen LogP contribution in [0.3, 0.4) is 0 Å². The van der Waals surface area contributed by atoms with Gasteiger partial charge in [0.1, 0.15) is 11.3 Å². The second kappa shape index (κ2) is 7.12. The van der Waals surface area contributed by atoms with Gasteiger partial charge in [-0.1, -0.05) is 18.2 Å². The zero-order valence-electron chi connectivity index (χ0n) is 12.6. The van der Waals surface area contributed by atoms with Gasteiger partial charge in [-0.2, -0.15) is 13.2 Å². The maximum Gasteiger partial charge on any atom is 0.432 e. The van der Waals surface area contributed by atoms with Gasteiger partial charge in [0.15, 0.2) is 0 Å².